The molecular weight excluding hydrogens is 211 g/mol. The van der Waals surface area contributed by atoms with Crippen molar-refractivity contribution in [2.75, 3.05) is 0 Å². The number of nitrogens with one attached hydrogen (secondary N) is 1. The molecule has 2 aromatic rings. The molecule has 0 saturated carbocycles. The van der Waals surface area contributed by atoms with Crippen molar-refractivity contribution >= 4 is 16.9 Å². The molecule has 0 bridgehead atoms. The monoisotopic (exact) mass is 222 g/mol. The van der Waals surface area contributed by atoms with Gasteiger partial charge in [-0.1, -0.05) is 6.92 Å². The second kappa shape index (κ2) is 3.92. The van der Waals surface area contributed by atoms with Gasteiger partial charge >= 0.3 is 5.97 Å². The number of rotatable bonds is 3. The number of halogens is 1. The zero-order valence-electron chi connectivity index (χ0n) is 8.70. The highest BCUT2D eigenvalue weighted by molar-refractivity contribution is 5.82. The predicted octanol–water partition coefficient (Wildman–Crippen LogP) is 1.97. The summed E-state index contributed by atoms with van der Waals surface area (Å²) in [6.45, 7) is 1.62. The number of carboxylic acid groups (broad SMARTS) is 1. The molecule has 2 N–H and O–H groups in total. The molecule has 0 spiro atoms. The quantitative estimate of drug-likeness (QED) is 0.834. The average Bonchev–Trinajstić information content (AvgIpc) is 2.60. The molecule has 0 aliphatic rings. The molecule has 1 unspecified atom stereocenters. The van der Waals surface area contributed by atoms with E-state index in [4.69, 9.17) is 5.11 Å². The van der Waals surface area contributed by atoms with Gasteiger partial charge in [-0.05, 0) is 12.1 Å². The Bertz CT molecular complexity index is 536. The number of carbonyl (C=O) groups is 1. The molecule has 0 saturated heterocycles. The molecule has 0 amide bonds. The van der Waals surface area contributed by atoms with Crippen LogP contribution >= 0.6 is 0 Å². The second-order valence-electron chi connectivity index (χ2n) is 3.81. The van der Waals surface area contributed by atoms with E-state index >= 15 is 0 Å². The van der Waals surface area contributed by atoms with Gasteiger partial charge in [0, 0.05) is 23.6 Å². The van der Waals surface area contributed by atoms with Crippen molar-refractivity contribution < 1.29 is 14.3 Å². The fourth-order valence-electron chi connectivity index (χ4n) is 1.59. The van der Waals surface area contributed by atoms with Gasteiger partial charge in [-0.2, -0.15) is 5.10 Å². The summed E-state index contributed by atoms with van der Waals surface area (Å²) in [4.78, 5) is 10.7. The standard InChI is InChI=1S/C11H11FN2O2/c1-6(11(15)16)4-9-8-3-2-7(12)5-10(8)14-13-9/h2-3,5-6H,4H2,1H3,(H,13,14)(H,15,16). The molecule has 4 nitrogen and oxygen atoms in total. The van der Waals surface area contributed by atoms with E-state index in [1.165, 1.54) is 12.1 Å². The Morgan fingerprint density at radius 2 is 2.38 bits per heavy atom. The summed E-state index contributed by atoms with van der Waals surface area (Å²) < 4.78 is 12.9. The summed E-state index contributed by atoms with van der Waals surface area (Å²) in [7, 11) is 0. The first-order chi connectivity index (χ1) is 7.58. The minimum absolute atomic E-state index is 0.350. The molecule has 0 radical (unpaired) electrons. The van der Waals surface area contributed by atoms with E-state index in [2.05, 4.69) is 10.2 Å². The van der Waals surface area contributed by atoms with E-state index < -0.39 is 11.9 Å². The van der Waals surface area contributed by atoms with Crippen LogP contribution in [0.1, 0.15) is 12.6 Å². The highest BCUT2D eigenvalue weighted by Gasteiger charge is 2.15. The van der Waals surface area contributed by atoms with Crippen LogP contribution in [0.3, 0.4) is 0 Å². The smallest absolute Gasteiger partial charge is 0.306 e. The van der Waals surface area contributed by atoms with Crippen LogP contribution in [-0.2, 0) is 11.2 Å². The van der Waals surface area contributed by atoms with E-state index in [1.54, 1.807) is 13.0 Å². The lowest BCUT2D eigenvalue weighted by Gasteiger charge is -2.03. The highest BCUT2D eigenvalue weighted by Crippen LogP contribution is 2.19. The van der Waals surface area contributed by atoms with Gasteiger partial charge < -0.3 is 5.11 Å². The Balaban J connectivity index is 2.35. The van der Waals surface area contributed by atoms with Crippen molar-refractivity contribution in [3.8, 4) is 0 Å². The molecule has 0 aliphatic carbocycles. The van der Waals surface area contributed by atoms with E-state index in [1.807, 2.05) is 0 Å². The summed E-state index contributed by atoms with van der Waals surface area (Å²) in [5.41, 5.74) is 1.25. The second-order valence-corrected chi connectivity index (χ2v) is 3.81. The molecule has 1 heterocycles. The van der Waals surface area contributed by atoms with E-state index in [-0.39, 0.29) is 5.82 Å². The van der Waals surface area contributed by atoms with Crippen LogP contribution in [0, 0.1) is 11.7 Å². The van der Waals surface area contributed by atoms with Crippen LogP contribution in [0.2, 0.25) is 0 Å². The molecule has 1 aromatic carbocycles. The number of aliphatic carboxylic acids is 1. The maximum atomic E-state index is 12.9. The number of benzene rings is 1. The van der Waals surface area contributed by atoms with Gasteiger partial charge in [0.1, 0.15) is 5.82 Å². The van der Waals surface area contributed by atoms with Crippen molar-refractivity contribution in [3.63, 3.8) is 0 Å². The molecule has 1 atom stereocenters. The van der Waals surface area contributed by atoms with Gasteiger partial charge in [0.05, 0.1) is 11.4 Å². The first-order valence-corrected chi connectivity index (χ1v) is 4.93. The van der Waals surface area contributed by atoms with Crippen LogP contribution in [0.5, 0.6) is 0 Å². The van der Waals surface area contributed by atoms with Crippen molar-refractivity contribution in [1.29, 1.82) is 0 Å². The molecule has 2 rings (SSSR count). The number of hydrogen-bond acceptors (Lipinski definition) is 2. The lowest BCUT2D eigenvalue weighted by atomic mass is 10.0. The van der Waals surface area contributed by atoms with Gasteiger partial charge in [-0.15, -0.1) is 0 Å². The minimum atomic E-state index is -0.857. The molecule has 1 aromatic heterocycles. The topological polar surface area (TPSA) is 66.0 Å². The SMILES string of the molecule is CC(Cc1[nH]nc2cc(F)ccc12)C(=O)O. The lowest BCUT2D eigenvalue weighted by molar-refractivity contribution is -0.141. The van der Waals surface area contributed by atoms with Crippen molar-refractivity contribution in [3.05, 3.63) is 29.7 Å². The summed E-state index contributed by atoms with van der Waals surface area (Å²) in [5, 5.41) is 16.3. The number of aromatic nitrogens is 2. The Morgan fingerprint density at radius 3 is 3.06 bits per heavy atom. The summed E-state index contributed by atoms with van der Waals surface area (Å²) in [6, 6.07) is 4.27. The van der Waals surface area contributed by atoms with Gasteiger partial charge in [-0.3, -0.25) is 9.89 Å². The maximum absolute atomic E-state index is 12.9. The molecular formula is C11H11FN2O2. The molecule has 84 valence electrons. The number of nitrogens with zero attached hydrogens (tertiary/aromatic N) is 1. The van der Waals surface area contributed by atoms with E-state index in [9.17, 15) is 9.18 Å². The minimum Gasteiger partial charge on any atom is -0.481 e. The zero-order valence-corrected chi connectivity index (χ0v) is 8.70. The molecule has 0 aliphatic heterocycles. The van der Waals surface area contributed by atoms with Crippen molar-refractivity contribution in [2.45, 2.75) is 13.3 Å². The zero-order chi connectivity index (χ0) is 11.7. The van der Waals surface area contributed by atoms with Crippen LogP contribution in [-0.4, -0.2) is 21.3 Å². The van der Waals surface area contributed by atoms with Crippen molar-refractivity contribution in [1.82, 2.24) is 10.2 Å². The number of hydrogen-bond donors (Lipinski definition) is 2. The average molecular weight is 222 g/mol. The largest absolute Gasteiger partial charge is 0.481 e. The summed E-state index contributed by atoms with van der Waals surface area (Å²) in [6.07, 6.45) is 0.359. The third-order valence-corrected chi connectivity index (χ3v) is 2.53. The van der Waals surface area contributed by atoms with Crippen LogP contribution < -0.4 is 0 Å². The van der Waals surface area contributed by atoms with Gasteiger partial charge in [0.2, 0.25) is 0 Å². The summed E-state index contributed by atoms with van der Waals surface area (Å²) >= 11 is 0. The van der Waals surface area contributed by atoms with Crippen molar-refractivity contribution in [2.24, 2.45) is 5.92 Å². The van der Waals surface area contributed by atoms with E-state index in [0.717, 1.165) is 11.1 Å². The lowest BCUT2D eigenvalue weighted by Crippen LogP contribution is -2.12. The predicted molar refractivity (Wildman–Crippen MR) is 56.6 cm³/mol. The Hall–Kier alpha value is -1.91. The number of H-pyrrole nitrogens is 1. The number of aromatic amines is 1. The highest BCUT2D eigenvalue weighted by atomic mass is 19.1. The normalized spacial score (nSPS) is 12.9. The number of carboxylic acids is 1. The van der Waals surface area contributed by atoms with Gasteiger partial charge in [0.15, 0.2) is 0 Å². The fourth-order valence-corrected chi connectivity index (χ4v) is 1.59. The van der Waals surface area contributed by atoms with Gasteiger partial charge in [0.25, 0.3) is 0 Å². The molecule has 0 fully saturated rings. The Morgan fingerprint density at radius 1 is 1.62 bits per heavy atom. The molecule has 5 heteroatoms. The molecule has 16 heavy (non-hydrogen) atoms. The third-order valence-electron chi connectivity index (χ3n) is 2.53. The third kappa shape index (κ3) is 1.88. The number of fused-ring (bicyclic) bond motifs is 1. The Labute approximate surface area is 91.1 Å². The van der Waals surface area contributed by atoms with E-state index in [0.29, 0.717) is 11.9 Å². The van der Waals surface area contributed by atoms with Crippen LogP contribution in [0.4, 0.5) is 4.39 Å². The summed E-state index contributed by atoms with van der Waals surface area (Å²) in [5.74, 6) is -1.70. The van der Waals surface area contributed by atoms with Gasteiger partial charge in [-0.25, -0.2) is 4.39 Å². The van der Waals surface area contributed by atoms with Crippen LogP contribution in [0.25, 0.3) is 10.9 Å². The fraction of sp³-hybridized carbons (Fsp3) is 0.273. The first kappa shape index (κ1) is 10.6. The Kier molecular flexibility index (Phi) is 2.60. The maximum Gasteiger partial charge on any atom is 0.306 e. The first-order valence-electron chi connectivity index (χ1n) is 4.93. The van der Waals surface area contributed by atoms with Crippen LogP contribution in [0.15, 0.2) is 18.2 Å².